The molecule has 0 aromatic heterocycles. The molecule has 0 saturated heterocycles. The third kappa shape index (κ3) is 1.51. The van der Waals surface area contributed by atoms with Gasteiger partial charge in [0.05, 0.1) is 17.3 Å². The second-order valence-corrected chi connectivity index (χ2v) is 1.97. The SMILES string of the molecule is N#Cc1ccc(N=[N+]=[N-])c(F)c1. The number of halogens is 1. The lowest BCUT2D eigenvalue weighted by Crippen LogP contribution is -1.78. The predicted molar refractivity (Wildman–Crippen MR) is 39.9 cm³/mol. The molecule has 0 unspecified atom stereocenters. The second-order valence-electron chi connectivity index (χ2n) is 1.97. The summed E-state index contributed by atoms with van der Waals surface area (Å²) in [6, 6.07) is 5.42. The number of nitriles is 1. The van der Waals surface area contributed by atoms with Crippen LogP contribution in [0.25, 0.3) is 10.4 Å². The van der Waals surface area contributed by atoms with Gasteiger partial charge in [-0.1, -0.05) is 5.11 Å². The Kier molecular flexibility index (Phi) is 2.26. The highest BCUT2D eigenvalue weighted by Gasteiger charge is 1.99. The van der Waals surface area contributed by atoms with E-state index in [4.69, 9.17) is 10.8 Å². The standard InChI is InChI=1S/C7H3FN4/c8-6-3-5(4-9)1-2-7(6)11-12-10/h1-3H. The lowest BCUT2D eigenvalue weighted by Gasteiger charge is -1.93. The maximum atomic E-state index is 12.8. The zero-order valence-corrected chi connectivity index (χ0v) is 5.90. The van der Waals surface area contributed by atoms with Crippen LogP contribution in [-0.2, 0) is 0 Å². The van der Waals surface area contributed by atoms with Crippen LogP contribution in [0.5, 0.6) is 0 Å². The van der Waals surface area contributed by atoms with Gasteiger partial charge in [-0.2, -0.15) is 5.26 Å². The third-order valence-corrected chi connectivity index (χ3v) is 1.23. The molecule has 0 bridgehead atoms. The first-order valence-electron chi connectivity index (χ1n) is 3.02. The molecule has 0 radical (unpaired) electrons. The predicted octanol–water partition coefficient (Wildman–Crippen LogP) is 2.64. The smallest absolute Gasteiger partial charge is 0.134 e. The fourth-order valence-electron chi connectivity index (χ4n) is 0.706. The average Bonchev–Trinajstić information content (AvgIpc) is 2.09. The van der Waals surface area contributed by atoms with E-state index in [1.807, 2.05) is 0 Å². The van der Waals surface area contributed by atoms with E-state index in [1.165, 1.54) is 12.1 Å². The number of hydrogen-bond donors (Lipinski definition) is 0. The Labute approximate surface area is 67.5 Å². The van der Waals surface area contributed by atoms with Gasteiger partial charge in [0.25, 0.3) is 0 Å². The maximum Gasteiger partial charge on any atom is 0.134 e. The highest BCUT2D eigenvalue weighted by Crippen LogP contribution is 2.18. The molecule has 58 valence electrons. The zero-order chi connectivity index (χ0) is 8.97. The molecule has 0 fully saturated rings. The summed E-state index contributed by atoms with van der Waals surface area (Å²) in [6.07, 6.45) is 0. The van der Waals surface area contributed by atoms with Crippen LogP contribution >= 0.6 is 0 Å². The number of hydrogen-bond acceptors (Lipinski definition) is 2. The molecule has 1 aromatic carbocycles. The molecule has 12 heavy (non-hydrogen) atoms. The third-order valence-electron chi connectivity index (χ3n) is 1.23. The molecule has 4 nitrogen and oxygen atoms in total. The molecule has 0 heterocycles. The minimum atomic E-state index is -0.688. The Bertz CT molecular complexity index is 387. The molecular formula is C7H3FN4. The number of azide groups is 1. The van der Waals surface area contributed by atoms with Crippen LogP contribution in [0.2, 0.25) is 0 Å². The topological polar surface area (TPSA) is 72.5 Å². The van der Waals surface area contributed by atoms with Gasteiger partial charge in [-0.15, -0.1) is 0 Å². The van der Waals surface area contributed by atoms with Gasteiger partial charge in [-0.25, -0.2) is 4.39 Å². The van der Waals surface area contributed by atoms with Crippen molar-refractivity contribution in [2.24, 2.45) is 5.11 Å². The molecule has 1 aromatic rings. The molecular weight excluding hydrogens is 159 g/mol. The number of rotatable bonds is 1. The summed E-state index contributed by atoms with van der Waals surface area (Å²) in [5, 5.41) is 11.4. The highest BCUT2D eigenvalue weighted by molar-refractivity contribution is 5.43. The van der Waals surface area contributed by atoms with E-state index in [1.54, 1.807) is 6.07 Å². The van der Waals surface area contributed by atoms with Crippen molar-refractivity contribution in [1.82, 2.24) is 0 Å². The molecule has 0 amide bonds. The molecule has 0 N–H and O–H groups in total. The summed E-state index contributed by atoms with van der Waals surface area (Å²) in [4.78, 5) is 2.42. The van der Waals surface area contributed by atoms with E-state index in [2.05, 4.69) is 10.0 Å². The molecule has 0 spiro atoms. The van der Waals surface area contributed by atoms with Crippen LogP contribution < -0.4 is 0 Å². The molecule has 0 aliphatic heterocycles. The first-order chi connectivity index (χ1) is 5.77. The van der Waals surface area contributed by atoms with Crippen LogP contribution in [0.15, 0.2) is 23.3 Å². The average molecular weight is 162 g/mol. The summed E-state index contributed by atoms with van der Waals surface area (Å²) >= 11 is 0. The van der Waals surface area contributed by atoms with Gasteiger partial charge in [0, 0.05) is 4.91 Å². The van der Waals surface area contributed by atoms with Crippen molar-refractivity contribution in [1.29, 1.82) is 5.26 Å². The van der Waals surface area contributed by atoms with Crippen molar-refractivity contribution < 1.29 is 4.39 Å². The summed E-state index contributed by atoms with van der Waals surface area (Å²) in [6.45, 7) is 0. The Hall–Kier alpha value is -2.05. The lowest BCUT2D eigenvalue weighted by atomic mass is 10.2. The van der Waals surface area contributed by atoms with E-state index >= 15 is 0 Å². The minimum absolute atomic E-state index is 0.100. The van der Waals surface area contributed by atoms with Crippen LogP contribution in [0.4, 0.5) is 10.1 Å². The first-order valence-corrected chi connectivity index (χ1v) is 3.02. The summed E-state index contributed by atoms with van der Waals surface area (Å²) in [5.41, 5.74) is 8.10. The van der Waals surface area contributed by atoms with Crippen LogP contribution in [0, 0.1) is 17.1 Å². The van der Waals surface area contributed by atoms with Crippen molar-refractivity contribution in [2.75, 3.05) is 0 Å². The fraction of sp³-hybridized carbons (Fsp3) is 0. The lowest BCUT2D eigenvalue weighted by molar-refractivity contribution is 0.629. The van der Waals surface area contributed by atoms with E-state index < -0.39 is 5.82 Å². The summed E-state index contributed by atoms with van der Waals surface area (Å²) in [5.74, 6) is -0.688. The molecule has 0 aliphatic rings. The number of benzene rings is 1. The molecule has 0 aliphatic carbocycles. The normalized spacial score (nSPS) is 8.33. The minimum Gasteiger partial charge on any atom is -0.206 e. The first kappa shape index (κ1) is 8.05. The maximum absolute atomic E-state index is 12.8. The zero-order valence-electron chi connectivity index (χ0n) is 5.90. The highest BCUT2D eigenvalue weighted by atomic mass is 19.1. The van der Waals surface area contributed by atoms with E-state index in [0.717, 1.165) is 6.07 Å². The number of nitrogens with zero attached hydrogens (tertiary/aromatic N) is 4. The van der Waals surface area contributed by atoms with Crippen molar-refractivity contribution in [3.63, 3.8) is 0 Å². The monoisotopic (exact) mass is 162 g/mol. The Morgan fingerprint density at radius 3 is 2.83 bits per heavy atom. The van der Waals surface area contributed by atoms with Gasteiger partial charge < -0.3 is 0 Å². The Morgan fingerprint density at radius 2 is 2.33 bits per heavy atom. The fourth-order valence-corrected chi connectivity index (χ4v) is 0.706. The summed E-state index contributed by atoms with van der Waals surface area (Å²) in [7, 11) is 0. The van der Waals surface area contributed by atoms with Gasteiger partial charge in [0.15, 0.2) is 0 Å². The quantitative estimate of drug-likeness (QED) is 0.355. The largest absolute Gasteiger partial charge is 0.206 e. The van der Waals surface area contributed by atoms with Gasteiger partial charge in [-0.05, 0) is 23.7 Å². The van der Waals surface area contributed by atoms with Gasteiger partial charge in [0.1, 0.15) is 5.82 Å². The molecule has 0 atom stereocenters. The van der Waals surface area contributed by atoms with Gasteiger partial charge >= 0.3 is 0 Å². The van der Waals surface area contributed by atoms with Crippen molar-refractivity contribution in [2.45, 2.75) is 0 Å². The van der Waals surface area contributed by atoms with Crippen molar-refractivity contribution in [3.05, 3.63) is 40.0 Å². The molecule has 5 heteroatoms. The van der Waals surface area contributed by atoms with E-state index in [-0.39, 0.29) is 11.3 Å². The molecule has 0 saturated carbocycles. The molecule has 1 rings (SSSR count). The van der Waals surface area contributed by atoms with E-state index in [9.17, 15) is 4.39 Å². The Balaban J connectivity index is 3.22. The van der Waals surface area contributed by atoms with Crippen LogP contribution in [0.3, 0.4) is 0 Å². The van der Waals surface area contributed by atoms with Gasteiger partial charge in [-0.3, -0.25) is 0 Å². The second kappa shape index (κ2) is 3.37. The van der Waals surface area contributed by atoms with Crippen LogP contribution in [0.1, 0.15) is 5.56 Å². The van der Waals surface area contributed by atoms with Crippen molar-refractivity contribution >= 4 is 5.69 Å². The van der Waals surface area contributed by atoms with Gasteiger partial charge in [0.2, 0.25) is 0 Å². The van der Waals surface area contributed by atoms with E-state index in [0.29, 0.717) is 0 Å². The Morgan fingerprint density at radius 1 is 1.58 bits per heavy atom. The van der Waals surface area contributed by atoms with Crippen LogP contribution in [-0.4, -0.2) is 0 Å². The van der Waals surface area contributed by atoms with Crippen molar-refractivity contribution in [3.8, 4) is 6.07 Å². The summed E-state index contributed by atoms with van der Waals surface area (Å²) < 4.78 is 12.8.